The van der Waals surface area contributed by atoms with Gasteiger partial charge in [0.1, 0.15) is 11.6 Å². The van der Waals surface area contributed by atoms with Gasteiger partial charge in [0.2, 0.25) is 5.88 Å². The summed E-state index contributed by atoms with van der Waals surface area (Å²) in [5, 5.41) is 7.74. The summed E-state index contributed by atoms with van der Waals surface area (Å²) in [6.45, 7) is 9.53. The fourth-order valence-corrected chi connectivity index (χ4v) is 3.53. The zero-order chi connectivity index (χ0) is 23.1. The summed E-state index contributed by atoms with van der Waals surface area (Å²) in [6, 6.07) is 15.6. The van der Waals surface area contributed by atoms with Gasteiger partial charge in [-0.25, -0.2) is 13.9 Å². The third-order valence-corrected chi connectivity index (χ3v) is 4.98. The van der Waals surface area contributed by atoms with Crippen molar-refractivity contribution >= 4 is 6.03 Å². The van der Waals surface area contributed by atoms with Crippen molar-refractivity contribution in [2.45, 2.75) is 46.6 Å². The van der Waals surface area contributed by atoms with Crippen molar-refractivity contribution in [3.8, 4) is 17.3 Å². The normalized spacial score (nSPS) is 10.9. The molecule has 0 saturated carbocycles. The van der Waals surface area contributed by atoms with E-state index in [0.29, 0.717) is 31.3 Å². The first-order valence-corrected chi connectivity index (χ1v) is 11.1. The third kappa shape index (κ3) is 5.46. The zero-order valence-corrected chi connectivity index (χ0v) is 19.1. The van der Waals surface area contributed by atoms with Crippen molar-refractivity contribution in [1.29, 1.82) is 0 Å². The van der Waals surface area contributed by atoms with Crippen molar-refractivity contribution in [1.82, 2.24) is 20.0 Å². The van der Waals surface area contributed by atoms with Gasteiger partial charge in [0.25, 0.3) is 0 Å². The number of nitrogens with zero attached hydrogens (tertiary/aromatic N) is 3. The lowest BCUT2D eigenvalue weighted by molar-refractivity contribution is 0.195. The number of halogens is 1. The number of aromatic nitrogens is 2. The van der Waals surface area contributed by atoms with E-state index < -0.39 is 0 Å². The number of carbonyl (C=O) groups is 1. The Morgan fingerprint density at radius 1 is 1.16 bits per heavy atom. The minimum atomic E-state index is -0.381. The molecule has 0 aliphatic carbocycles. The largest absolute Gasteiger partial charge is 0.438 e. The van der Waals surface area contributed by atoms with Crippen LogP contribution >= 0.6 is 0 Å². The molecule has 3 rings (SSSR count). The maximum absolute atomic E-state index is 13.9. The summed E-state index contributed by atoms with van der Waals surface area (Å²) in [5.41, 5.74) is 2.48. The maximum Gasteiger partial charge on any atom is 0.317 e. The van der Waals surface area contributed by atoms with Gasteiger partial charge in [-0.05, 0) is 43.5 Å². The number of hydrogen-bond donors (Lipinski definition) is 1. The Hall–Kier alpha value is -3.35. The standard InChI is InChI=1S/C25H31FN4O2/c1-5-15-29(25(31)27-6-2)17-22-23(18(3)4)28-30(20-12-8-7-9-13-20)24(22)32-21-14-10-11-19(26)16-21/h7-14,16,18H,5-6,15,17H2,1-4H3,(H,27,31). The van der Waals surface area contributed by atoms with Gasteiger partial charge in [-0.3, -0.25) is 0 Å². The Morgan fingerprint density at radius 2 is 1.91 bits per heavy atom. The lowest BCUT2D eigenvalue weighted by Crippen LogP contribution is -2.40. The average molecular weight is 439 g/mol. The molecule has 2 amide bonds. The second kappa shape index (κ2) is 10.8. The SMILES string of the molecule is CCCN(Cc1c(C(C)C)nn(-c2ccccc2)c1Oc1cccc(F)c1)C(=O)NCC. The third-order valence-electron chi connectivity index (χ3n) is 4.98. The van der Waals surface area contributed by atoms with E-state index in [0.717, 1.165) is 23.4 Å². The summed E-state index contributed by atoms with van der Waals surface area (Å²) in [6.07, 6.45) is 0.820. The van der Waals surface area contributed by atoms with Gasteiger partial charge in [0.15, 0.2) is 0 Å². The van der Waals surface area contributed by atoms with E-state index in [2.05, 4.69) is 19.2 Å². The molecule has 7 heteroatoms. The van der Waals surface area contributed by atoms with Crippen LogP contribution in [0.25, 0.3) is 5.69 Å². The Kier molecular flexibility index (Phi) is 7.87. The smallest absolute Gasteiger partial charge is 0.317 e. The molecule has 0 aliphatic rings. The number of rotatable bonds is 9. The van der Waals surface area contributed by atoms with Crippen molar-refractivity contribution in [3.05, 3.63) is 71.7 Å². The molecule has 32 heavy (non-hydrogen) atoms. The number of para-hydroxylation sites is 1. The Balaban J connectivity index is 2.14. The van der Waals surface area contributed by atoms with Crippen LogP contribution in [0.15, 0.2) is 54.6 Å². The molecule has 0 fully saturated rings. The summed E-state index contributed by atoms with van der Waals surface area (Å²) in [7, 11) is 0. The monoisotopic (exact) mass is 438 g/mol. The molecule has 1 aromatic heterocycles. The highest BCUT2D eigenvalue weighted by Crippen LogP contribution is 2.35. The quantitative estimate of drug-likeness (QED) is 0.455. The molecular weight excluding hydrogens is 407 g/mol. The van der Waals surface area contributed by atoms with E-state index in [1.807, 2.05) is 44.2 Å². The van der Waals surface area contributed by atoms with Crippen LogP contribution in [-0.2, 0) is 6.54 Å². The van der Waals surface area contributed by atoms with Crippen LogP contribution in [0.2, 0.25) is 0 Å². The van der Waals surface area contributed by atoms with Gasteiger partial charge in [0.05, 0.1) is 23.5 Å². The highest BCUT2D eigenvalue weighted by Gasteiger charge is 2.26. The van der Waals surface area contributed by atoms with Crippen LogP contribution in [0.3, 0.4) is 0 Å². The van der Waals surface area contributed by atoms with Gasteiger partial charge >= 0.3 is 6.03 Å². The number of nitrogens with one attached hydrogen (secondary N) is 1. The molecule has 0 radical (unpaired) electrons. The minimum absolute atomic E-state index is 0.0996. The van der Waals surface area contributed by atoms with E-state index in [4.69, 9.17) is 9.84 Å². The highest BCUT2D eigenvalue weighted by molar-refractivity contribution is 5.74. The van der Waals surface area contributed by atoms with E-state index in [1.165, 1.54) is 12.1 Å². The van der Waals surface area contributed by atoms with E-state index in [9.17, 15) is 9.18 Å². The van der Waals surface area contributed by atoms with Crippen LogP contribution in [0.4, 0.5) is 9.18 Å². The first-order valence-electron chi connectivity index (χ1n) is 11.1. The molecule has 0 atom stereocenters. The summed E-state index contributed by atoms with van der Waals surface area (Å²) in [5.74, 6) is 0.575. The topological polar surface area (TPSA) is 59.4 Å². The van der Waals surface area contributed by atoms with Crippen LogP contribution in [0.1, 0.15) is 51.3 Å². The Morgan fingerprint density at radius 3 is 2.53 bits per heavy atom. The predicted molar refractivity (Wildman–Crippen MR) is 124 cm³/mol. The molecule has 0 spiro atoms. The van der Waals surface area contributed by atoms with Crippen LogP contribution in [-0.4, -0.2) is 33.8 Å². The molecule has 3 aromatic rings. The highest BCUT2D eigenvalue weighted by atomic mass is 19.1. The first-order chi connectivity index (χ1) is 15.4. The summed E-state index contributed by atoms with van der Waals surface area (Å²) < 4.78 is 21.8. The molecule has 0 aliphatic heterocycles. The molecule has 6 nitrogen and oxygen atoms in total. The Labute approximate surface area is 189 Å². The molecule has 170 valence electrons. The molecule has 2 aromatic carbocycles. The van der Waals surface area contributed by atoms with Gasteiger partial charge < -0.3 is 15.0 Å². The maximum atomic E-state index is 13.9. The average Bonchev–Trinajstić information content (AvgIpc) is 3.12. The zero-order valence-electron chi connectivity index (χ0n) is 19.1. The number of ether oxygens (including phenoxy) is 1. The second-order valence-electron chi connectivity index (χ2n) is 7.89. The second-order valence-corrected chi connectivity index (χ2v) is 7.89. The molecule has 0 saturated heterocycles. The van der Waals surface area contributed by atoms with Crippen molar-refractivity contribution < 1.29 is 13.9 Å². The molecule has 0 bridgehead atoms. The van der Waals surface area contributed by atoms with Gasteiger partial charge in [-0.1, -0.05) is 45.0 Å². The van der Waals surface area contributed by atoms with E-state index >= 15 is 0 Å². The lowest BCUT2D eigenvalue weighted by atomic mass is 10.1. The van der Waals surface area contributed by atoms with Crippen LogP contribution in [0.5, 0.6) is 11.6 Å². The minimum Gasteiger partial charge on any atom is -0.438 e. The Bertz CT molecular complexity index is 1030. The molecular formula is C25H31FN4O2. The van der Waals surface area contributed by atoms with Gasteiger partial charge in [0, 0.05) is 19.2 Å². The van der Waals surface area contributed by atoms with E-state index in [1.54, 1.807) is 21.7 Å². The molecule has 1 N–H and O–H groups in total. The van der Waals surface area contributed by atoms with Crippen molar-refractivity contribution in [2.24, 2.45) is 0 Å². The van der Waals surface area contributed by atoms with Crippen LogP contribution in [0, 0.1) is 5.82 Å². The lowest BCUT2D eigenvalue weighted by Gasteiger charge is -2.23. The number of carbonyl (C=O) groups excluding carboxylic acids is 1. The molecule has 1 heterocycles. The number of hydrogen-bond acceptors (Lipinski definition) is 3. The fraction of sp³-hybridized carbons (Fsp3) is 0.360. The van der Waals surface area contributed by atoms with Gasteiger partial charge in [-0.15, -0.1) is 0 Å². The summed E-state index contributed by atoms with van der Waals surface area (Å²) in [4.78, 5) is 14.5. The van der Waals surface area contributed by atoms with Crippen LogP contribution < -0.4 is 10.1 Å². The number of amides is 2. The number of urea groups is 1. The number of benzene rings is 2. The predicted octanol–water partition coefficient (Wildman–Crippen LogP) is 5.87. The van der Waals surface area contributed by atoms with Gasteiger partial charge in [-0.2, -0.15) is 5.10 Å². The first kappa shape index (κ1) is 23.3. The molecule has 0 unspecified atom stereocenters. The van der Waals surface area contributed by atoms with Crippen molar-refractivity contribution in [2.75, 3.05) is 13.1 Å². The van der Waals surface area contributed by atoms with E-state index in [-0.39, 0.29) is 17.8 Å². The van der Waals surface area contributed by atoms with Crippen molar-refractivity contribution in [3.63, 3.8) is 0 Å². The summed E-state index contributed by atoms with van der Waals surface area (Å²) >= 11 is 0. The fourth-order valence-electron chi connectivity index (χ4n) is 3.53.